The maximum atomic E-state index is 12.3. The molecule has 4 rings (SSSR count). The van der Waals surface area contributed by atoms with Gasteiger partial charge in [-0.05, 0) is 29.8 Å². The molecular weight excluding hydrogens is 310 g/mol. The number of carbonyl (C=O) groups excluding carboxylic acids is 1. The number of aromatic nitrogens is 1. The lowest BCUT2D eigenvalue weighted by atomic mass is 10.0. The molecule has 2 heterocycles. The molecule has 1 aliphatic rings. The molecule has 1 unspecified atom stereocenters. The van der Waals surface area contributed by atoms with Crippen molar-refractivity contribution in [1.29, 1.82) is 0 Å². The summed E-state index contributed by atoms with van der Waals surface area (Å²) in [6, 6.07) is 11.1. The molecule has 2 aromatic carbocycles. The van der Waals surface area contributed by atoms with Gasteiger partial charge in [0.25, 0.3) is 0 Å². The minimum atomic E-state index is -0.424. The van der Waals surface area contributed by atoms with Gasteiger partial charge in [-0.1, -0.05) is 12.1 Å². The largest absolute Gasteiger partial charge is 0.392 e. The van der Waals surface area contributed by atoms with Crippen molar-refractivity contribution in [2.75, 3.05) is 5.32 Å². The van der Waals surface area contributed by atoms with Crippen molar-refractivity contribution in [3.8, 4) is 0 Å². The van der Waals surface area contributed by atoms with Crippen LogP contribution >= 0.6 is 11.3 Å². The number of anilines is 1. The van der Waals surface area contributed by atoms with Crippen LogP contribution in [0.2, 0.25) is 0 Å². The van der Waals surface area contributed by atoms with E-state index in [1.54, 1.807) is 17.8 Å². The first-order chi connectivity index (χ1) is 11.3. The summed E-state index contributed by atoms with van der Waals surface area (Å²) in [7, 11) is 0. The summed E-state index contributed by atoms with van der Waals surface area (Å²) in [6.45, 7) is -0.0302. The number of nitrogens with zero attached hydrogens (tertiary/aromatic N) is 2. The van der Waals surface area contributed by atoms with Crippen LogP contribution in [0.4, 0.5) is 11.4 Å². The average molecular weight is 323 g/mol. The number of nitrogens with one attached hydrogen (secondary N) is 1. The minimum absolute atomic E-state index is 0.0302. The summed E-state index contributed by atoms with van der Waals surface area (Å²) in [4.78, 5) is 21.0. The van der Waals surface area contributed by atoms with E-state index >= 15 is 0 Å². The van der Waals surface area contributed by atoms with Crippen molar-refractivity contribution < 1.29 is 9.90 Å². The Morgan fingerprint density at radius 2 is 2.26 bits per heavy atom. The van der Waals surface area contributed by atoms with Crippen LogP contribution in [0.15, 0.2) is 46.9 Å². The second-order valence-electron chi connectivity index (χ2n) is 5.30. The summed E-state index contributed by atoms with van der Waals surface area (Å²) < 4.78 is 1.02. The van der Waals surface area contributed by atoms with Crippen molar-refractivity contribution in [1.82, 2.24) is 4.98 Å². The van der Waals surface area contributed by atoms with Gasteiger partial charge in [0.05, 0.1) is 28.0 Å². The van der Waals surface area contributed by atoms with Gasteiger partial charge in [0.2, 0.25) is 5.91 Å². The maximum absolute atomic E-state index is 12.3. The van der Waals surface area contributed by atoms with Crippen molar-refractivity contribution >= 4 is 45.0 Å². The Hall–Kier alpha value is -2.57. The van der Waals surface area contributed by atoms with Crippen molar-refractivity contribution in [2.24, 2.45) is 4.99 Å². The van der Waals surface area contributed by atoms with E-state index in [-0.39, 0.29) is 12.5 Å². The Kier molecular flexibility index (Phi) is 3.40. The normalized spacial score (nSPS) is 16.9. The summed E-state index contributed by atoms with van der Waals surface area (Å²) in [5.74, 6) is -0.505. The van der Waals surface area contributed by atoms with Crippen LogP contribution in [-0.2, 0) is 11.4 Å². The summed E-state index contributed by atoms with van der Waals surface area (Å²) in [6.07, 6.45) is 1.66. The Morgan fingerprint density at radius 1 is 1.35 bits per heavy atom. The Balaban J connectivity index is 1.74. The average Bonchev–Trinajstić information content (AvgIpc) is 3.16. The van der Waals surface area contributed by atoms with Crippen LogP contribution in [0.25, 0.3) is 10.2 Å². The lowest BCUT2D eigenvalue weighted by Gasteiger charge is -2.04. The number of rotatable bonds is 3. The first-order valence-electron chi connectivity index (χ1n) is 7.17. The van der Waals surface area contributed by atoms with E-state index < -0.39 is 5.92 Å². The first kappa shape index (κ1) is 14.0. The molecule has 23 heavy (non-hydrogen) atoms. The maximum Gasteiger partial charge on any atom is 0.237 e. The van der Waals surface area contributed by atoms with Crippen LogP contribution < -0.4 is 5.32 Å². The fraction of sp³-hybridized carbons (Fsp3) is 0.118. The number of carbonyl (C=O) groups is 1. The highest BCUT2D eigenvalue weighted by atomic mass is 32.1. The number of amides is 1. The zero-order chi connectivity index (χ0) is 15.8. The van der Waals surface area contributed by atoms with Crippen LogP contribution in [0.1, 0.15) is 17.0 Å². The van der Waals surface area contributed by atoms with E-state index in [1.807, 2.05) is 30.3 Å². The van der Waals surface area contributed by atoms with E-state index in [0.29, 0.717) is 5.69 Å². The molecule has 3 aromatic rings. The zero-order valence-electron chi connectivity index (χ0n) is 12.1. The molecule has 1 aliphatic heterocycles. The molecule has 114 valence electrons. The molecule has 1 atom stereocenters. The molecule has 0 fully saturated rings. The number of aliphatic hydroxyl groups is 1. The summed E-state index contributed by atoms with van der Waals surface area (Å²) in [5.41, 5.74) is 5.96. The number of aliphatic hydroxyl groups excluding tert-OH is 1. The van der Waals surface area contributed by atoms with Gasteiger partial charge < -0.3 is 10.4 Å². The van der Waals surface area contributed by atoms with Gasteiger partial charge in [-0.25, -0.2) is 4.98 Å². The SMILES string of the molecule is O=C1Nc2ccc3ncsc3c2C1C=Nc1cccc(CO)c1. The van der Waals surface area contributed by atoms with Crippen LogP contribution in [0.5, 0.6) is 0 Å². The number of hydrogen-bond acceptors (Lipinski definition) is 5. The van der Waals surface area contributed by atoms with Crippen molar-refractivity contribution in [3.05, 3.63) is 53.0 Å². The topological polar surface area (TPSA) is 74.6 Å². The molecule has 0 saturated heterocycles. The Labute approximate surface area is 136 Å². The standard InChI is InChI=1S/C17H13N3O2S/c21-8-10-2-1-3-11(6-10)18-7-12-15-13(20-17(12)22)4-5-14-16(15)23-9-19-14/h1-7,9,12,21H,8H2,(H,20,22). The highest BCUT2D eigenvalue weighted by molar-refractivity contribution is 7.17. The molecule has 5 nitrogen and oxygen atoms in total. The fourth-order valence-electron chi connectivity index (χ4n) is 2.75. The molecular formula is C17H13N3O2S. The van der Waals surface area contributed by atoms with Gasteiger partial charge in [0.1, 0.15) is 5.92 Å². The van der Waals surface area contributed by atoms with Gasteiger partial charge in [0.15, 0.2) is 0 Å². The van der Waals surface area contributed by atoms with E-state index in [1.165, 1.54) is 11.3 Å². The highest BCUT2D eigenvalue weighted by Gasteiger charge is 2.31. The van der Waals surface area contributed by atoms with E-state index in [2.05, 4.69) is 15.3 Å². The van der Waals surface area contributed by atoms with Gasteiger partial charge >= 0.3 is 0 Å². The quantitative estimate of drug-likeness (QED) is 0.727. The van der Waals surface area contributed by atoms with E-state index in [9.17, 15) is 9.90 Å². The number of thiazole rings is 1. The molecule has 0 saturated carbocycles. The van der Waals surface area contributed by atoms with Gasteiger partial charge in [-0.15, -0.1) is 11.3 Å². The number of benzene rings is 2. The third-order valence-corrected chi connectivity index (χ3v) is 4.73. The number of hydrogen-bond donors (Lipinski definition) is 2. The fourth-order valence-corrected chi connectivity index (χ4v) is 3.62. The van der Waals surface area contributed by atoms with Gasteiger partial charge in [-0.3, -0.25) is 9.79 Å². The predicted octanol–water partition coefficient (Wildman–Crippen LogP) is 3.23. The Morgan fingerprint density at radius 3 is 3.13 bits per heavy atom. The predicted molar refractivity (Wildman–Crippen MR) is 91.5 cm³/mol. The van der Waals surface area contributed by atoms with Crippen LogP contribution in [0, 0.1) is 0 Å². The molecule has 0 spiro atoms. The van der Waals surface area contributed by atoms with Crippen LogP contribution in [0.3, 0.4) is 0 Å². The summed E-state index contributed by atoms with van der Waals surface area (Å²) >= 11 is 1.53. The zero-order valence-corrected chi connectivity index (χ0v) is 12.9. The molecule has 0 aliphatic carbocycles. The van der Waals surface area contributed by atoms with E-state index in [4.69, 9.17) is 0 Å². The smallest absolute Gasteiger partial charge is 0.237 e. The third kappa shape index (κ3) is 2.42. The summed E-state index contributed by atoms with van der Waals surface area (Å²) in [5, 5.41) is 12.1. The van der Waals surface area contributed by atoms with E-state index in [0.717, 1.165) is 27.0 Å². The molecule has 1 amide bonds. The molecule has 0 bridgehead atoms. The van der Waals surface area contributed by atoms with Gasteiger partial charge in [-0.2, -0.15) is 0 Å². The first-order valence-corrected chi connectivity index (χ1v) is 8.05. The van der Waals surface area contributed by atoms with Gasteiger partial charge in [0, 0.05) is 17.5 Å². The van der Waals surface area contributed by atoms with Crippen molar-refractivity contribution in [3.63, 3.8) is 0 Å². The lowest BCUT2D eigenvalue weighted by molar-refractivity contribution is -0.115. The molecule has 1 aromatic heterocycles. The monoisotopic (exact) mass is 323 g/mol. The second-order valence-corrected chi connectivity index (χ2v) is 6.16. The van der Waals surface area contributed by atoms with Crippen molar-refractivity contribution in [2.45, 2.75) is 12.5 Å². The molecule has 6 heteroatoms. The third-order valence-electron chi connectivity index (χ3n) is 3.85. The minimum Gasteiger partial charge on any atom is -0.392 e. The number of aliphatic imine (C=N–C) groups is 1. The second kappa shape index (κ2) is 5.57. The Bertz CT molecular complexity index is 932. The number of fused-ring (bicyclic) bond motifs is 3. The molecule has 2 N–H and O–H groups in total. The molecule has 0 radical (unpaired) electrons. The lowest BCUT2D eigenvalue weighted by Crippen LogP contribution is -2.12. The van der Waals surface area contributed by atoms with Crippen LogP contribution in [-0.4, -0.2) is 22.2 Å². The highest BCUT2D eigenvalue weighted by Crippen LogP contribution is 2.39.